The van der Waals surface area contributed by atoms with Gasteiger partial charge in [-0.1, -0.05) is 55.3 Å². The molecule has 0 aliphatic carbocycles. The lowest BCUT2D eigenvalue weighted by molar-refractivity contribution is 0.0947. The van der Waals surface area contributed by atoms with Crippen molar-refractivity contribution in [1.82, 2.24) is 5.32 Å². The zero-order valence-electron chi connectivity index (χ0n) is 21.6. The van der Waals surface area contributed by atoms with Crippen LogP contribution in [-0.4, -0.2) is 33.7 Å². The third kappa shape index (κ3) is 7.85. The number of hydrogen-bond acceptors (Lipinski definition) is 4. The molecule has 6 nitrogen and oxygen atoms in total. The molecule has 0 heterocycles. The smallest absolute Gasteiger partial charge is 0.251 e. The summed E-state index contributed by atoms with van der Waals surface area (Å²) in [6.45, 7) is 7.12. The second-order valence-electron chi connectivity index (χ2n) is 9.11. The predicted octanol–water partition coefficient (Wildman–Crippen LogP) is 5.42. The zero-order chi connectivity index (χ0) is 26.1. The number of unbranched alkanes of at least 4 members (excludes halogenated alkanes) is 1. The Labute approximate surface area is 215 Å². The number of aryl methyl sites for hydroxylation is 3. The van der Waals surface area contributed by atoms with Crippen LogP contribution in [0.15, 0.2) is 66.7 Å². The van der Waals surface area contributed by atoms with Gasteiger partial charge in [-0.15, -0.1) is 0 Å². The number of nitrogens with one attached hydrogen (secondary N) is 1. The highest BCUT2D eigenvalue weighted by atomic mass is 32.2. The number of rotatable bonds is 12. The SMILES string of the molecule is CCCCc1ccc(N(Cc2ccc(C(=O)NCCOc3ccc(C)cc3C)cc2)S(C)(=O)=O)cc1. The van der Waals surface area contributed by atoms with Gasteiger partial charge in [0.1, 0.15) is 12.4 Å². The summed E-state index contributed by atoms with van der Waals surface area (Å²) in [5, 5.41) is 2.86. The van der Waals surface area contributed by atoms with Gasteiger partial charge in [-0.2, -0.15) is 0 Å². The van der Waals surface area contributed by atoms with Crippen LogP contribution in [0.25, 0.3) is 0 Å². The van der Waals surface area contributed by atoms with E-state index in [1.54, 1.807) is 24.3 Å². The summed E-state index contributed by atoms with van der Waals surface area (Å²) in [6, 6.07) is 20.7. The van der Waals surface area contributed by atoms with Crippen LogP contribution in [0.3, 0.4) is 0 Å². The van der Waals surface area contributed by atoms with Gasteiger partial charge < -0.3 is 10.1 Å². The maximum atomic E-state index is 12.5. The topological polar surface area (TPSA) is 75.7 Å². The van der Waals surface area contributed by atoms with Gasteiger partial charge in [-0.25, -0.2) is 8.42 Å². The molecule has 192 valence electrons. The lowest BCUT2D eigenvalue weighted by Gasteiger charge is -2.23. The number of benzene rings is 3. The highest BCUT2D eigenvalue weighted by Gasteiger charge is 2.18. The van der Waals surface area contributed by atoms with E-state index in [0.29, 0.717) is 24.4 Å². The van der Waals surface area contributed by atoms with Crippen molar-refractivity contribution >= 4 is 21.6 Å². The Hall–Kier alpha value is -3.32. The molecule has 0 radical (unpaired) electrons. The molecule has 0 aromatic heterocycles. The first kappa shape index (κ1) is 27.3. The van der Waals surface area contributed by atoms with Crippen molar-refractivity contribution in [3.05, 3.63) is 94.5 Å². The van der Waals surface area contributed by atoms with Crippen LogP contribution in [0.4, 0.5) is 5.69 Å². The third-order valence-electron chi connectivity index (χ3n) is 5.96. The Kier molecular flexibility index (Phi) is 9.53. The average molecular weight is 509 g/mol. The van der Waals surface area contributed by atoms with Crippen LogP contribution < -0.4 is 14.4 Å². The van der Waals surface area contributed by atoms with Crippen molar-refractivity contribution < 1.29 is 17.9 Å². The number of sulfonamides is 1. The molecule has 0 saturated carbocycles. The van der Waals surface area contributed by atoms with Crippen molar-refractivity contribution in [2.45, 2.75) is 46.6 Å². The molecule has 3 aromatic rings. The molecule has 0 fully saturated rings. The van der Waals surface area contributed by atoms with E-state index in [-0.39, 0.29) is 12.5 Å². The van der Waals surface area contributed by atoms with Crippen molar-refractivity contribution in [2.24, 2.45) is 0 Å². The first-order valence-corrected chi connectivity index (χ1v) is 14.2. The van der Waals surface area contributed by atoms with Gasteiger partial charge in [0.2, 0.25) is 10.0 Å². The molecule has 0 atom stereocenters. The standard InChI is InChI=1S/C29H36N2O4S/c1-5-6-7-24-11-15-27(16-12-24)31(36(4,33)34)21-25-9-13-26(14-10-25)29(32)30-18-19-35-28-17-8-22(2)20-23(28)3/h8-17,20H,5-7,18-19,21H2,1-4H3,(H,30,32). The summed E-state index contributed by atoms with van der Waals surface area (Å²) in [7, 11) is -3.48. The molecule has 1 amide bonds. The molecule has 1 N–H and O–H groups in total. The molecule has 0 saturated heterocycles. The molecule has 7 heteroatoms. The third-order valence-corrected chi connectivity index (χ3v) is 7.10. The van der Waals surface area contributed by atoms with Crippen molar-refractivity contribution in [1.29, 1.82) is 0 Å². The zero-order valence-corrected chi connectivity index (χ0v) is 22.4. The second-order valence-corrected chi connectivity index (χ2v) is 11.0. The minimum Gasteiger partial charge on any atom is -0.491 e. The van der Waals surface area contributed by atoms with E-state index >= 15 is 0 Å². The minimum absolute atomic E-state index is 0.193. The van der Waals surface area contributed by atoms with Crippen LogP contribution in [0.1, 0.15) is 52.4 Å². The van der Waals surface area contributed by atoms with Crippen molar-refractivity contribution in [2.75, 3.05) is 23.7 Å². The Balaban J connectivity index is 1.57. The van der Waals surface area contributed by atoms with Gasteiger partial charge in [0, 0.05) is 5.56 Å². The molecular weight excluding hydrogens is 472 g/mol. The van der Waals surface area contributed by atoms with E-state index in [2.05, 4.69) is 18.3 Å². The first-order valence-electron chi connectivity index (χ1n) is 12.3. The molecule has 3 aromatic carbocycles. The summed E-state index contributed by atoms with van der Waals surface area (Å²) in [5.74, 6) is 0.610. The fourth-order valence-corrected chi connectivity index (χ4v) is 4.81. The molecule has 0 aliphatic heterocycles. The average Bonchev–Trinajstić information content (AvgIpc) is 2.85. The highest BCUT2D eigenvalue weighted by molar-refractivity contribution is 7.92. The number of anilines is 1. The minimum atomic E-state index is -3.48. The van der Waals surface area contributed by atoms with Gasteiger partial charge in [0.25, 0.3) is 5.91 Å². The normalized spacial score (nSPS) is 11.2. The molecular formula is C29H36N2O4S. The number of carbonyl (C=O) groups excluding carboxylic acids is 1. The van der Waals surface area contributed by atoms with Gasteiger partial charge in [-0.3, -0.25) is 9.10 Å². The van der Waals surface area contributed by atoms with E-state index in [0.717, 1.165) is 36.1 Å². The maximum Gasteiger partial charge on any atom is 0.251 e. The monoisotopic (exact) mass is 508 g/mol. The molecule has 3 rings (SSSR count). The van der Waals surface area contributed by atoms with Crippen LogP contribution in [0.5, 0.6) is 5.75 Å². The Morgan fingerprint density at radius 3 is 2.22 bits per heavy atom. The summed E-state index contributed by atoms with van der Waals surface area (Å²) in [6.07, 6.45) is 4.41. The fourth-order valence-electron chi connectivity index (χ4n) is 3.93. The molecule has 0 spiro atoms. The largest absolute Gasteiger partial charge is 0.491 e. The van der Waals surface area contributed by atoms with E-state index in [9.17, 15) is 13.2 Å². The van der Waals surface area contributed by atoms with Gasteiger partial charge in [0.15, 0.2) is 0 Å². The molecule has 0 unspecified atom stereocenters. The van der Waals surface area contributed by atoms with Crippen molar-refractivity contribution in [3.8, 4) is 5.75 Å². The lowest BCUT2D eigenvalue weighted by atomic mass is 10.1. The number of carbonyl (C=O) groups is 1. The van der Waals surface area contributed by atoms with Gasteiger partial charge in [0.05, 0.1) is 25.0 Å². The summed E-state index contributed by atoms with van der Waals surface area (Å²) >= 11 is 0. The second kappa shape index (κ2) is 12.6. The van der Waals surface area contributed by atoms with Crippen LogP contribution in [0.2, 0.25) is 0 Å². The number of amides is 1. The van der Waals surface area contributed by atoms with E-state index in [1.165, 1.54) is 21.7 Å². The maximum absolute atomic E-state index is 12.5. The molecule has 0 aliphatic rings. The van der Waals surface area contributed by atoms with E-state index in [4.69, 9.17) is 4.74 Å². The van der Waals surface area contributed by atoms with Crippen LogP contribution >= 0.6 is 0 Å². The van der Waals surface area contributed by atoms with E-state index in [1.807, 2.05) is 50.2 Å². The summed E-state index contributed by atoms with van der Waals surface area (Å²) in [5.41, 5.74) is 5.37. The molecule has 0 bridgehead atoms. The molecule has 36 heavy (non-hydrogen) atoms. The van der Waals surface area contributed by atoms with E-state index < -0.39 is 10.0 Å². The number of hydrogen-bond donors (Lipinski definition) is 1. The van der Waals surface area contributed by atoms with Crippen molar-refractivity contribution in [3.63, 3.8) is 0 Å². The van der Waals surface area contributed by atoms with Gasteiger partial charge >= 0.3 is 0 Å². The lowest BCUT2D eigenvalue weighted by Crippen LogP contribution is -2.29. The highest BCUT2D eigenvalue weighted by Crippen LogP contribution is 2.22. The summed E-state index contributed by atoms with van der Waals surface area (Å²) < 4.78 is 32.2. The first-order chi connectivity index (χ1) is 17.2. The Bertz CT molecular complexity index is 1250. The fraction of sp³-hybridized carbons (Fsp3) is 0.345. The summed E-state index contributed by atoms with van der Waals surface area (Å²) in [4.78, 5) is 12.5. The number of nitrogens with zero attached hydrogens (tertiary/aromatic N) is 1. The predicted molar refractivity (Wildman–Crippen MR) is 146 cm³/mol. The number of ether oxygens (including phenoxy) is 1. The quantitative estimate of drug-likeness (QED) is 0.332. The van der Waals surface area contributed by atoms with Crippen LogP contribution in [-0.2, 0) is 23.0 Å². The van der Waals surface area contributed by atoms with Crippen LogP contribution in [0, 0.1) is 13.8 Å². The Morgan fingerprint density at radius 2 is 1.61 bits per heavy atom. The van der Waals surface area contributed by atoms with Gasteiger partial charge in [-0.05, 0) is 73.7 Å². The Morgan fingerprint density at radius 1 is 0.944 bits per heavy atom.